The average Bonchev–Trinajstić information content (AvgIpc) is 2.99. The molecule has 1 aromatic heterocycles. The van der Waals surface area contributed by atoms with Crippen molar-refractivity contribution in [3.05, 3.63) is 47.9 Å². The van der Waals surface area contributed by atoms with Gasteiger partial charge in [0.2, 0.25) is 5.91 Å². The van der Waals surface area contributed by atoms with Crippen molar-refractivity contribution in [3.63, 3.8) is 0 Å². The maximum absolute atomic E-state index is 11.4. The minimum absolute atomic E-state index is 0.107. The number of hydrogen-bond acceptors (Lipinski definition) is 3. The minimum Gasteiger partial charge on any atom is -0.469 e. The van der Waals surface area contributed by atoms with Gasteiger partial charge in [-0.25, -0.2) is 0 Å². The zero-order chi connectivity index (χ0) is 14.7. The molecule has 2 heterocycles. The van der Waals surface area contributed by atoms with Gasteiger partial charge in [-0.1, -0.05) is 0 Å². The highest BCUT2D eigenvalue weighted by Crippen LogP contribution is 2.26. The number of fused-ring (bicyclic) bond motifs is 1. The third-order valence-electron chi connectivity index (χ3n) is 3.82. The molecule has 4 nitrogen and oxygen atoms in total. The fraction of sp³-hybridized carbons (Fsp3) is 0.353. The Kier molecular flexibility index (Phi) is 3.95. The van der Waals surface area contributed by atoms with Gasteiger partial charge in [0, 0.05) is 30.3 Å². The molecule has 1 aliphatic rings. The van der Waals surface area contributed by atoms with Crippen molar-refractivity contribution in [1.29, 1.82) is 0 Å². The number of amides is 1. The molecule has 0 aliphatic carbocycles. The van der Waals surface area contributed by atoms with E-state index in [9.17, 15) is 4.79 Å². The quantitative estimate of drug-likeness (QED) is 0.882. The fourth-order valence-electron chi connectivity index (χ4n) is 2.64. The first-order valence-electron chi connectivity index (χ1n) is 7.42. The second-order valence-corrected chi connectivity index (χ2v) is 5.58. The summed E-state index contributed by atoms with van der Waals surface area (Å²) < 4.78 is 5.35. The Morgan fingerprint density at radius 3 is 3.05 bits per heavy atom. The topological polar surface area (TPSA) is 54.3 Å². The largest absolute Gasteiger partial charge is 0.469 e. The Bertz CT molecular complexity index is 620. The second kappa shape index (κ2) is 6.04. The molecule has 4 heteroatoms. The van der Waals surface area contributed by atoms with E-state index in [2.05, 4.69) is 23.6 Å². The van der Waals surface area contributed by atoms with Crippen LogP contribution in [-0.4, -0.2) is 11.9 Å². The number of furan rings is 1. The molecular formula is C17H20N2O2. The number of carbonyl (C=O) groups is 1. The predicted octanol–water partition coefficient (Wildman–Crippen LogP) is 3.60. The summed E-state index contributed by atoms with van der Waals surface area (Å²) in [6, 6.07) is 10.4. The van der Waals surface area contributed by atoms with E-state index in [0.717, 1.165) is 36.4 Å². The van der Waals surface area contributed by atoms with Crippen molar-refractivity contribution in [1.82, 2.24) is 0 Å². The molecule has 1 atom stereocenters. The Balaban J connectivity index is 1.58. The molecule has 0 bridgehead atoms. The van der Waals surface area contributed by atoms with Gasteiger partial charge in [0.1, 0.15) is 5.76 Å². The lowest BCUT2D eigenvalue weighted by Crippen LogP contribution is -2.20. The number of hydrogen-bond donors (Lipinski definition) is 2. The number of rotatable bonds is 5. The first kappa shape index (κ1) is 13.7. The van der Waals surface area contributed by atoms with Gasteiger partial charge in [-0.05, 0) is 55.7 Å². The number of aryl methyl sites for hydroxylation is 2. The lowest BCUT2D eigenvalue weighted by Gasteiger charge is -2.20. The van der Waals surface area contributed by atoms with Crippen LogP contribution >= 0.6 is 0 Å². The molecule has 0 spiro atoms. The van der Waals surface area contributed by atoms with Gasteiger partial charge in [0.15, 0.2) is 0 Å². The van der Waals surface area contributed by atoms with E-state index >= 15 is 0 Å². The van der Waals surface area contributed by atoms with Crippen molar-refractivity contribution in [3.8, 4) is 0 Å². The smallest absolute Gasteiger partial charge is 0.224 e. The van der Waals surface area contributed by atoms with Gasteiger partial charge in [-0.2, -0.15) is 0 Å². The van der Waals surface area contributed by atoms with Crippen molar-refractivity contribution >= 4 is 17.3 Å². The summed E-state index contributed by atoms with van der Waals surface area (Å²) in [6.07, 6.45) is 5.05. The summed E-state index contributed by atoms with van der Waals surface area (Å²) in [4.78, 5) is 11.4. The highest BCUT2D eigenvalue weighted by molar-refractivity contribution is 5.94. The minimum atomic E-state index is 0.107. The van der Waals surface area contributed by atoms with E-state index in [1.165, 1.54) is 5.56 Å². The standard InChI is InChI=1S/C17H20N2O2/c1-12(4-7-15-3-2-10-21-15)18-14-6-8-16-13(11-14)5-9-17(20)19-16/h2-3,6,8,10-12,18H,4-5,7,9H2,1H3,(H,19,20). The van der Waals surface area contributed by atoms with Crippen LogP contribution in [0.1, 0.15) is 31.1 Å². The molecule has 1 unspecified atom stereocenters. The Morgan fingerprint density at radius 1 is 1.33 bits per heavy atom. The normalized spacial score (nSPS) is 15.2. The summed E-state index contributed by atoms with van der Waals surface area (Å²) in [6.45, 7) is 2.17. The number of benzene rings is 1. The molecule has 3 rings (SSSR count). The van der Waals surface area contributed by atoms with Gasteiger partial charge in [-0.15, -0.1) is 0 Å². The van der Waals surface area contributed by atoms with Crippen LogP contribution in [0, 0.1) is 0 Å². The van der Waals surface area contributed by atoms with Crippen molar-refractivity contribution in [2.24, 2.45) is 0 Å². The van der Waals surface area contributed by atoms with E-state index in [1.807, 2.05) is 24.3 Å². The fourth-order valence-corrected chi connectivity index (χ4v) is 2.64. The first-order chi connectivity index (χ1) is 10.2. The van der Waals surface area contributed by atoms with Crippen molar-refractivity contribution in [2.45, 2.75) is 38.6 Å². The molecule has 1 amide bonds. The molecule has 2 N–H and O–H groups in total. The third-order valence-corrected chi connectivity index (χ3v) is 3.82. The zero-order valence-corrected chi connectivity index (χ0v) is 12.2. The van der Waals surface area contributed by atoms with E-state index in [-0.39, 0.29) is 5.91 Å². The van der Waals surface area contributed by atoms with E-state index in [1.54, 1.807) is 6.26 Å². The van der Waals surface area contributed by atoms with Crippen molar-refractivity contribution in [2.75, 3.05) is 10.6 Å². The predicted molar refractivity (Wildman–Crippen MR) is 83.5 cm³/mol. The monoisotopic (exact) mass is 284 g/mol. The molecule has 1 aliphatic heterocycles. The Hall–Kier alpha value is -2.23. The summed E-state index contributed by atoms with van der Waals surface area (Å²) in [5.41, 5.74) is 3.26. The second-order valence-electron chi connectivity index (χ2n) is 5.58. The maximum atomic E-state index is 11.4. The number of nitrogens with one attached hydrogen (secondary N) is 2. The molecule has 21 heavy (non-hydrogen) atoms. The highest BCUT2D eigenvalue weighted by atomic mass is 16.3. The highest BCUT2D eigenvalue weighted by Gasteiger charge is 2.15. The van der Waals surface area contributed by atoms with Crippen LogP contribution in [0.3, 0.4) is 0 Å². The van der Waals surface area contributed by atoms with E-state index < -0.39 is 0 Å². The van der Waals surface area contributed by atoms with Crippen LogP contribution in [-0.2, 0) is 17.6 Å². The lowest BCUT2D eigenvalue weighted by molar-refractivity contribution is -0.116. The van der Waals surface area contributed by atoms with E-state index in [4.69, 9.17) is 4.42 Å². The van der Waals surface area contributed by atoms with Gasteiger partial charge >= 0.3 is 0 Å². The van der Waals surface area contributed by atoms with Crippen LogP contribution in [0.2, 0.25) is 0 Å². The van der Waals surface area contributed by atoms with Crippen molar-refractivity contribution < 1.29 is 9.21 Å². The zero-order valence-electron chi connectivity index (χ0n) is 12.2. The SMILES string of the molecule is CC(CCc1ccco1)Nc1ccc2c(c1)CCC(=O)N2. The molecule has 2 aromatic rings. The summed E-state index contributed by atoms with van der Waals surface area (Å²) in [7, 11) is 0. The summed E-state index contributed by atoms with van der Waals surface area (Å²) in [5, 5.41) is 6.42. The first-order valence-corrected chi connectivity index (χ1v) is 7.42. The lowest BCUT2D eigenvalue weighted by atomic mass is 10.0. The summed E-state index contributed by atoms with van der Waals surface area (Å²) >= 11 is 0. The number of carbonyl (C=O) groups excluding carboxylic acids is 1. The van der Waals surface area contributed by atoms with Crippen LogP contribution in [0.5, 0.6) is 0 Å². The summed E-state index contributed by atoms with van der Waals surface area (Å²) in [5.74, 6) is 1.13. The van der Waals surface area contributed by atoms with Crippen LogP contribution < -0.4 is 10.6 Å². The molecule has 0 saturated heterocycles. The molecule has 1 aromatic carbocycles. The van der Waals surface area contributed by atoms with Gasteiger partial charge in [0.05, 0.1) is 6.26 Å². The molecular weight excluding hydrogens is 264 g/mol. The average molecular weight is 284 g/mol. The van der Waals surface area contributed by atoms with Gasteiger partial charge < -0.3 is 15.1 Å². The molecule has 0 radical (unpaired) electrons. The van der Waals surface area contributed by atoms with Crippen LogP contribution in [0.4, 0.5) is 11.4 Å². The van der Waals surface area contributed by atoms with Gasteiger partial charge in [-0.3, -0.25) is 4.79 Å². The molecule has 0 saturated carbocycles. The van der Waals surface area contributed by atoms with Crippen LogP contribution in [0.25, 0.3) is 0 Å². The number of anilines is 2. The van der Waals surface area contributed by atoms with Crippen LogP contribution in [0.15, 0.2) is 41.0 Å². The van der Waals surface area contributed by atoms with E-state index in [0.29, 0.717) is 12.5 Å². The third kappa shape index (κ3) is 3.45. The maximum Gasteiger partial charge on any atom is 0.224 e. The Labute approximate surface area is 124 Å². The molecule has 110 valence electrons. The van der Waals surface area contributed by atoms with Gasteiger partial charge in [0.25, 0.3) is 0 Å². The Morgan fingerprint density at radius 2 is 2.24 bits per heavy atom. The molecule has 0 fully saturated rings.